The summed E-state index contributed by atoms with van der Waals surface area (Å²) in [5.41, 5.74) is -2.79. The third kappa shape index (κ3) is 4.74. The van der Waals surface area contributed by atoms with Crippen LogP contribution in [0.2, 0.25) is 0 Å². The Morgan fingerprint density at radius 1 is 1.38 bits per heavy atom. The number of carbonyl (C=O) groups is 3. The fourth-order valence-corrected chi connectivity index (χ4v) is 1.88. The molecule has 0 saturated heterocycles. The number of carboxylic acids is 2. The highest BCUT2D eigenvalue weighted by Crippen LogP contribution is 2.17. The van der Waals surface area contributed by atoms with Crippen molar-refractivity contribution in [2.75, 3.05) is 6.61 Å². The molecule has 0 aliphatic carbocycles. The van der Waals surface area contributed by atoms with Crippen molar-refractivity contribution in [1.29, 1.82) is 0 Å². The van der Waals surface area contributed by atoms with Gasteiger partial charge in [0.05, 0.1) is 12.8 Å². The van der Waals surface area contributed by atoms with Gasteiger partial charge in [0.25, 0.3) is 0 Å². The van der Waals surface area contributed by atoms with Crippen LogP contribution < -0.4 is 0 Å². The molecule has 1 heterocycles. The first-order valence-corrected chi connectivity index (χ1v) is 6.56. The average Bonchev–Trinajstić information content (AvgIpc) is 2.79. The zero-order valence-corrected chi connectivity index (χ0v) is 12.5. The summed E-state index contributed by atoms with van der Waals surface area (Å²) < 4.78 is 5.88. The van der Waals surface area contributed by atoms with Gasteiger partial charge in [-0.25, -0.2) is 14.3 Å². The van der Waals surface area contributed by atoms with Gasteiger partial charge in [-0.05, 0) is 4.92 Å². The van der Waals surface area contributed by atoms with Crippen LogP contribution in [-0.2, 0) is 25.7 Å². The van der Waals surface area contributed by atoms with Gasteiger partial charge in [-0.15, -0.1) is 0 Å². The quantitative estimate of drug-likeness (QED) is 0.294. The Balaban J connectivity index is 2.64. The predicted molar refractivity (Wildman–Crippen MR) is 74.0 cm³/mol. The summed E-state index contributed by atoms with van der Waals surface area (Å²) in [6, 6.07) is 0. The number of nitrogens with zero attached hydrogens (tertiary/aromatic N) is 3. The Morgan fingerprint density at radius 3 is 2.50 bits per heavy atom. The summed E-state index contributed by atoms with van der Waals surface area (Å²) in [6.45, 7) is 1.04. The van der Waals surface area contributed by atoms with Gasteiger partial charge in [-0.1, -0.05) is 0 Å². The van der Waals surface area contributed by atoms with Crippen molar-refractivity contribution in [3.05, 3.63) is 22.1 Å². The molecule has 12 heteroatoms. The third-order valence-corrected chi connectivity index (χ3v) is 3.08. The topological polar surface area (TPSA) is 182 Å². The third-order valence-electron chi connectivity index (χ3n) is 3.08. The van der Waals surface area contributed by atoms with Crippen LogP contribution in [-0.4, -0.2) is 59.9 Å². The zero-order chi connectivity index (χ0) is 18.5. The molecule has 132 valence electrons. The number of aliphatic carboxylic acids is 2. The van der Waals surface area contributed by atoms with Gasteiger partial charge in [-0.2, -0.15) is 0 Å². The molecule has 1 aromatic heterocycles. The summed E-state index contributed by atoms with van der Waals surface area (Å²) in [6.07, 6.45) is -1.21. The largest absolute Gasteiger partial charge is 0.481 e. The zero-order valence-electron chi connectivity index (χ0n) is 12.5. The molecule has 0 amide bonds. The maximum absolute atomic E-state index is 11.6. The Kier molecular flexibility index (Phi) is 5.95. The highest BCUT2D eigenvalue weighted by atomic mass is 16.6. The molecule has 0 bridgehead atoms. The number of imidazole rings is 1. The number of nitro groups is 1. The molecule has 1 atom stereocenters. The Hall–Kier alpha value is -3.02. The van der Waals surface area contributed by atoms with Crippen LogP contribution in [0.4, 0.5) is 5.82 Å². The summed E-state index contributed by atoms with van der Waals surface area (Å²) in [4.78, 5) is 46.9. The van der Waals surface area contributed by atoms with E-state index in [1.54, 1.807) is 0 Å². The van der Waals surface area contributed by atoms with Crippen molar-refractivity contribution < 1.29 is 39.4 Å². The molecule has 0 saturated carbocycles. The van der Waals surface area contributed by atoms with E-state index in [1.165, 1.54) is 11.5 Å². The summed E-state index contributed by atoms with van der Waals surface area (Å²) in [5, 5.41) is 37.9. The van der Waals surface area contributed by atoms with Crippen molar-refractivity contribution in [1.82, 2.24) is 9.55 Å². The van der Waals surface area contributed by atoms with Gasteiger partial charge < -0.3 is 30.2 Å². The second-order valence-electron chi connectivity index (χ2n) is 4.88. The molecule has 1 aromatic rings. The van der Waals surface area contributed by atoms with Crippen LogP contribution in [0.5, 0.6) is 0 Å². The van der Waals surface area contributed by atoms with Crippen molar-refractivity contribution in [2.24, 2.45) is 0 Å². The lowest BCUT2D eigenvalue weighted by Gasteiger charge is -2.20. The van der Waals surface area contributed by atoms with E-state index in [9.17, 15) is 29.6 Å². The number of esters is 1. The Labute approximate surface area is 134 Å². The molecule has 1 unspecified atom stereocenters. The molecular weight excluding hydrogens is 330 g/mol. The Morgan fingerprint density at radius 2 is 2.00 bits per heavy atom. The second-order valence-corrected chi connectivity index (χ2v) is 4.88. The highest BCUT2D eigenvalue weighted by Gasteiger charge is 2.41. The number of carbonyl (C=O) groups excluding carboxylic acids is 1. The molecule has 0 aromatic carbocycles. The van der Waals surface area contributed by atoms with Gasteiger partial charge in [0.15, 0.2) is 11.4 Å². The first kappa shape index (κ1) is 19.0. The number of ether oxygens (including phenoxy) is 1. The number of hydrogen-bond acceptors (Lipinski definition) is 8. The molecule has 12 nitrogen and oxygen atoms in total. The van der Waals surface area contributed by atoms with E-state index in [4.69, 9.17) is 14.9 Å². The molecule has 0 fully saturated rings. The second kappa shape index (κ2) is 7.50. The standard InChI is InChI=1S/C12H15N3O9/c1-7-13-6-8(15(22)23)14(7)2-3-24-10(18)5-12(21,11(19)20)4-9(16)17/h6,21H,2-5H2,1H3,(H,16,17)(H,19,20). The van der Waals surface area contributed by atoms with Gasteiger partial charge in [0, 0.05) is 6.92 Å². The van der Waals surface area contributed by atoms with Crippen molar-refractivity contribution in [2.45, 2.75) is 31.9 Å². The van der Waals surface area contributed by atoms with Crippen LogP contribution >= 0.6 is 0 Å². The van der Waals surface area contributed by atoms with Crippen LogP contribution in [0.25, 0.3) is 0 Å². The van der Waals surface area contributed by atoms with Gasteiger partial charge >= 0.3 is 23.7 Å². The van der Waals surface area contributed by atoms with E-state index in [0.717, 1.165) is 6.20 Å². The van der Waals surface area contributed by atoms with E-state index in [0.29, 0.717) is 5.82 Å². The lowest BCUT2D eigenvalue weighted by molar-refractivity contribution is -0.392. The van der Waals surface area contributed by atoms with Crippen LogP contribution in [0.3, 0.4) is 0 Å². The average molecular weight is 345 g/mol. The number of hydrogen-bond donors (Lipinski definition) is 3. The van der Waals surface area contributed by atoms with Crippen LogP contribution in [0.1, 0.15) is 18.7 Å². The fraction of sp³-hybridized carbons (Fsp3) is 0.500. The van der Waals surface area contributed by atoms with Crippen molar-refractivity contribution >= 4 is 23.7 Å². The normalized spacial score (nSPS) is 13.1. The lowest BCUT2D eigenvalue weighted by atomic mass is 9.96. The van der Waals surface area contributed by atoms with Gasteiger partial charge in [0.2, 0.25) is 0 Å². The first-order valence-electron chi connectivity index (χ1n) is 6.56. The monoisotopic (exact) mass is 345 g/mol. The van der Waals surface area contributed by atoms with E-state index >= 15 is 0 Å². The van der Waals surface area contributed by atoms with Gasteiger partial charge in [0.1, 0.15) is 19.3 Å². The van der Waals surface area contributed by atoms with Crippen molar-refractivity contribution in [3.8, 4) is 0 Å². The SMILES string of the molecule is Cc1ncc([N+](=O)[O-])n1CCOC(=O)CC(O)(CC(=O)O)C(=O)O. The number of aryl methyl sites for hydroxylation is 1. The summed E-state index contributed by atoms with van der Waals surface area (Å²) in [5.74, 6) is -4.62. The number of carboxylic acid groups (broad SMARTS) is 2. The van der Waals surface area contributed by atoms with Crippen molar-refractivity contribution in [3.63, 3.8) is 0 Å². The minimum atomic E-state index is -2.79. The minimum absolute atomic E-state index is 0.113. The molecular formula is C12H15N3O9. The van der Waals surface area contributed by atoms with E-state index < -0.39 is 41.3 Å². The summed E-state index contributed by atoms with van der Waals surface area (Å²) >= 11 is 0. The van der Waals surface area contributed by atoms with E-state index in [1.807, 2.05) is 0 Å². The Bertz CT molecular complexity index is 669. The highest BCUT2D eigenvalue weighted by molar-refractivity contribution is 5.88. The smallest absolute Gasteiger partial charge is 0.342 e. The predicted octanol–water partition coefficient (Wildman–Crippen LogP) is -0.677. The fourth-order valence-electron chi connectivity index (χ4n) is 1.88. The molecule has 0 aliphatic rings. The lowest BCUT2D eigenvalue weighted by Crippen LogP contribution is -2.43. The maximum atomic E-state index is 11.6. The van der Waals surface area contributed by atoms with Crippen LogP contribution in [0, 0.1) is 17.0 Å². The molecule has 0 radical (unpaired) electrons. The molecule has 1 rings (SSSR count). The molecule has 0 aliphatic heterocycles. The molecule has 3 N–H and O–H groups in total. The maximum Gasteiger partial charge on any atom is 0.342 e. The number of aromatic nitrogens is 2. The molecule has 0 spiro atoms. The summed E-state index contributed by atoms with van der Waals surface area (Å²) in [7, 11) is 0. The number of rotatable bonds is 9. The first-order chi connectivity index (χ1) is 11.1. The van der Waals surface area contributed by atoms with E-state index in [-0.39, 0.29) is 19.0 Å². The number of aliphatic hydroxyl groups is 1. The van der Waals surface area contributed by atoms with E-state index in [2.05, 4.69) is 4.98 Å². The minimum Gasteiger partial charge on any atom is -0.481 e. The molecule has 24 heavy (non-hydrogen) atoms. The van der Waals surface area contributed by atoms with Crippen LogP contribution in [0.15, 0.2) is 6.20 Å². The van der Waals surface area contributed by atoms with Gasteiger partial charge in [-0.3, -0.25) is 9.59 Å².